The van der Waals surface area contributed by atoms with E-state index in [1.54, 1.807) is 0 Å². The van der Waals surface area contributed by atoms with E-state index in [1.807, 2.05) is 6.92 Å². The third kappa shape index (κ3) is 3.17. The number of fused-ring (bicyclic) bond motifs is 2. The predicted molar refractivity (Wildman–Crippen MR) is 99.8 cm³/mol. The molecule has 2 aliphatic carbocycles. The van der Waals surface area contributed by atoms with Crippen LogP contribution in [0.4, 0.5) is 0 Å². The summed E-state index contributed by atoms with van der Waals surface area (Å²) in [5, 5.41) is 0. The second kappa shape index (κ2) is 7.43. The van der Waals surface area contributed by atoms with E-state index in [0.29, 0.717) is 30.1 Å². The van der Waals surface area contributed by atoms with Gasteiger partial charge in [0.2, 0.25) is 0 Å². The Morgan fingerprint density at radius 2 is 1.82 bits per heavy atom. The van der Waals surface area contributed by atoms with Gasteiger partial charge in [0.15, 0.2) is 0 Å². The normalized spacial score (nSPS) is 47.6. The van der Waals surface area contributed by atoms with Crippen LogP contribution >= 0.6 is 0 Å². The van der Waals surface area contributed by atoms with Gasteiger partial charge in [0.1, 0.15) is 0 Å². The number of hydrogen-bond donors (Lipinski definition) is 0. The Labute approximate surface area is 166 Å². The molecule has 0 aromatic heterocycles. The molecule has 156 valence electrons. The Kier molecular flexibility index (Phi) is 5.27. The van der Waals surface area contributed by atoms with Gasteiger partial charge >= 0.3 is 17.9 Å². The second-order valence-electron chi connectivity index (χ2n) is 9.62. The Hall–Kier alpha value is -1.43. The molecule has 0 aromatic carbocycles. The smallest absolute Gasteiger partial charge is 0.320 e. The van der Waals surface area contributed by atoms with Gasteiger partial charge in [-0.25, -0.2) is 0 Å². The van der Waals surface area contributed by atoms with Gasteiger partial charge in [-0.05, 0) is 68.6 Å². The first kappa shape index (κ1) is 19.9. The highest BCUT2D eigenvalue weighted by molar-refractivity contribution is 5.96. The Balaban J connectivity index is 1.41. The number of hydrogen-bond acceptors (Lipinski definition) is 6. The summed E-state index contributed by atoms with van der Waals surface area (Å²) < 4.78 is 16.0. The van der Waals surface area contributed by atoms with Gasteiger partial charge < -0.3 is 14.2 Å². The van der Waals surface area contributed by atoms with Gasteiger partial charge in [-0.3, -0.25) is 14.4 Å². The number of carbonyl (C=O) groups is 3. The maximum absolute atomic E-state index is 12.4. The highest BCUT2D eigenvalue weighted by Crippen LogP contribution is 2.57. The highest BCUT2D eigenvalue weighted by atomic mass is 16.6. The lowest BCUT2D eigenvalue weighted by Crippen LogP contribution is -2.35. The second-order valence-corrected chi connectivity index (χ2v) is 9.62. The fourth-order valence-corrected chi connectivity index (χ4v) is 6.85. The molecule has 0 radical (unpaired) electrons. The summed E-state index contributed by atoms with van der Waals surface area (Å²) >= 11 is 0. The van der Waals surface area contributed by atoms with E-state index in [4.69, 9.17) is 14.2 Å². The van der Waals surface area contributed by atoms with Crippen molar-refractivity contribution in [1.82, 2.24) is 0 Å². The van der Waals surface area contributed by atoms with Crippen molar-refractivity contribution in [2.45, 2.75) is 65.1 Å². The van der Waals surface area contributed by atoms with Crippen molar-refractivity contribution in [3.05, 3.63) is 0 Å². The zero-order chi connectivity index (χ0) is 20.2. The molecule has 4 aliphatic rings. The van der Waals surface area contributed by atoms with Crippen LogP contribution in [0.5, 0.6) is 0 Å². The summed E-state index contributed by atoms with van der Waals surface area (Å²) in [4.78, 5) is 36.8. The predicted octanol–water partition coefficient (Wildman–Crippen LogP) is 2.98. The quantitative estimate of drug-likeness (QED) is 0.529. The van der Waals surface area contributed by atoms with E-state index in [2.05, 4.69) is 13.8 Å². The van der Waals surface area contributed by atoms with Gasteiger partial charge in [-0.1, -0.05) is 13.8 Å². The molecule has 28 heavy (non-hydrogen) atoms. The molecule has 0 aromatic rings. The minimum Gasteiger partial charge on any atom is -0.469 e. The van der Waals surface area contributed by atoms with Crippen molar-refractivity contribution >= 4 is 17.9 Å². The molecule has 6 heteroatoms. The lowest BCUT2D eigenvalue weighted by atomic mass is 9.71. The van der Waals surface area contributed by atoms with Gasteiger partial charge in [-0.2, -0.15) is 0 Å². The lowest BCUT2D eigenvalue weighted by molar-refractivity contribution is -0.155. The van der Waals surface area contributed by atoms with Crippen molar-refractivity contribution in [3.8, 4) is 0 Å². The number of esters is 3. The maximum Gasteiger partial charge on any atom is 0.320 e. The Bertz CT molecular complexity index is 657. The van der Waals surface area contributed by atoms with Crippen LogP contribution in [0.3, 0.4) is 0 Å². The Morgan fingerprint density at radius 3 is 2.43 bits per heavy atom. The molecular formula is C22H32O6. The molecule has 0 N–H and O–H groups in total. The highest BCUT2D eigenvalue weighted by Gasteiger charge is 2.55. The third-order valence-electron chi connectivity index (χ3n) is 8.14. The zero-order valence-corrected chi connectivity index (χ0v) is 17.3. The number of ether oxygens (including phenoxy) is 3. The molecule has 0 spiro atoms. The van der Waals surface area contributed by atoms with Crippen LogP contribution in [0.2, 0.25) is 0 Å². The molecule has 10 atom stereocenters. The van der Waals surface area contributed by atoms with Gasteiger partial charge in [-0.15, -0.1) is 0 Å². The number of rotatable bonds is 5. The molecule has 10 unspecified atom stereocenters. The van der Waals surface area contributed by atoms with Crippen molar-refractivity contribution in [3.63, 3.8) is 0 Å². The molecule has 2 bridgehead atoms. The van der Waals surface area contributed by atoms with E-state index in [1.165, 1.54) is 7.11 Å². The van der Waals surface area contributed by atoms with Crippen molar-refractivity contribution in [1.29, 1.82) is 0 Å². The van der Waals surface area contributed by atoms with Crippen LogP contribution < -0.4 is 0 Å². The summed E-state index contributed by atoms with van der Waals surface area (Å²) in [6.07, 6.45) is 4.33. The molecule has 2 heterocycles. The van der Waals surface area contributed by atoms with Crippen molar-refractivity contribution in [2.75, 3.05) is 7.11 Å². The summed E-state index contributed by atoms with van der Waals surface area (Å²) in [7, 11) is 1.46. The number of cyclic esters (lactones) is 2. The number of carbonyl (C=O) groups excluding carboxylic acids is 3. The van der Waals surface area contributed by atoms with Gasteiger partial charge in [0.05, 0.1) is 37.1 Å². The first-order valence-electron chi connectivity index (χ1n) is 10.8. The number of methoxy groups -OCH3 is 1. The molecule has 2 aliphatic heterocycles. The van der Waals surface area contributed by atoms with Crippen LogP contribution in [-0.2, 0) is 28.6 Å². The fraction of sp³-hybridized carbons (Fsp3) is 0.864. The maximum atomic E-state index is 12.4. The minimum absolute atomic E-state index is 0.0289. The van der Waals surface area contributed by atoms with Crippen LogP contribution in [0.25, 0.3) is 0 Å². The molecule has 6 nitrogen and oxygen atoms in total. The third-order valence-corrected chi connectivity index (χ3v) is 8.14. The van der Waals surface area contributed by atoms with E-state index in [-0.39, 0.29) is 36.0 Å². The van der Waals surface area contributed by atoms with Gasteiger partial charge in [0, 0.05) is 0 Å². The van der Waals surface area contributed by atoms with E-state index in [9.17, 15) is 14.4 Å². The average molecular weight is 392 g/mol. The van der Waals surface area contributed by atoms with Gasteiger partial charge in [0.25, 0.3) is 0 Å². The van der Waals surface area contributed by atoms with E-state index < -0.39 is 17.8 Å². The fourth-order valence-electron chi connectivity index (χ4n) is 6.85. The molecule has 0 amide bonds. The molecule has 2 saturated carbocycles. The molecule has 2 saturated heterocycles. The summed E-state index contributed by atoms with van der Waals surface area (Å²) in [5.41, 5.74) is 0. The lowest BCUT2D eigenvalue weighted by Gasteiger charge is -2.33. The van der Waals surface area contributed by atoms with Crippen LogP contribution in [0.15, 0.2) is 0 Å². The summed E-state index contributed by atoms with van der Waals surface area (Å²) in [6, 6.07) is 0. The first-order chi connectivity index (χ1) is 13.3. The Morgan fingerprint density at radius 1 is 1.07 bits per heavy atom. The van der Waals surface area contributed by atoms with Crippen molar-refractivity contribution in [2.24, 2.45) is 47.3 Å². The minimum atomic E-state index is -0.468. The molecular weight excluding hydrogens is 360 g/mol. The van der Waals surface area contributed by atoms with Crippen molar-refractivity contribution < 1.29 is 28.6 Å². The zero-order valence-electron chi connectivity index (χ0n) is 17.3. The van der Waals surface area contributed by atoms with E-state index in [0.717, 1.165) is 25.7 Å². The molecule has 4 rings (SSSR count). The molecule has 4 fully saturated rings. The SMILES string of the molecule is COC(=O)C1CC2CC1C(C)C2CCC1C(=O)OC(=O)C1C1OC(C)CC1C. The topological polar surface area (TPSA) is 78.9 Å². The standard InChI is InChI=1S/C22H32O6/c1-10-7-11(2)27-19(10)18-15(21(24)28-22(18)25)6-5-14-12(3)16-8-13(14)9-17(16)20(23)26-4/h10-19H,5-9H2,1-4H3. The summed E-state index contributed by atoms with van der Waals surface area (Å²) in [6.45, 7) is 6.33. The van der Waals surface area contributed by atoms with Crippen LogP contribution in [-0.4, -0.2) is 37.2 Å². The largest absolute Gasteiger partial charge is 0.469 e. The van der Waals surface area contributed by atoms with Crippen LogP contribution in [0.1, 0.15) is 52.9 Å². The first-order valence-corrected chi connectivity index (χ1v) is 10.8. The van der Waals surface area contributed by atoms with E-state index >= 15 is 0 Å². The summed E-state index contributed by atoms with van der Waals surface area (Å²) in [5.74, 6) is 0.381. The van der Waals surface area contributed by atoms with Crippen LogP contribution in [0, 0.1) is 47.3 Å². The average Bonchev–Trinajstić information content (AvgIpc) is 3.36. The monoisotopic (exact) mass is 392 g/mol.